The van der Waals surface area contributed by atoms with Crippen LogP contribution in [0.4, 0.5) is 5.69 Å². The first-order valence-electron chi connectivity index (χ1n) is 6.62. The molecule has 0 amide bonds. The lowest BCUT2D eigenvalue weighted by atomic mass is 9.94. The maximum absolute atomic E-state index is 12.3. The van der Waals surface area contributed by atoms with Gasteiger partial charge in [0.2, 0.25) is 10.0 Å². The highest BCUT2D eigenvalue weighted by molar-refractivity contribution is 7.89. The number of hydrogen-bond donors (Lipinski definition) is 2. The molecule has 1 aromatic carbocycles. The Bertz CT molecular complexity index is 683. The van der Waals surface area contributed by atoms with Crippen LogP contribution < -0.4 is 4.72 Å². The predicted molar refractivity (Wildman–Crippen MR) is 80.1 cm³/mol. The van der Waals surface area contributed by atoms with E-state index in [9.17, 15) is 28.4 Å². The highest BCUT2D eigenvalue weighted by Crippen LogP contribution is 2.20. The Hall–Kier alpha value is -2.04. The van der Waals surface area contributed by atoms with Crippen LogP contribution in [0.1, 0.15) is 20.3 Å². The molecule has 23 heavy (non-hydrogen) atoms. The number of carbonyl (C=O) groups is 1. The number of sulfonamides is 1. The van der Waals surface area contributed by atoms with Crippen LogP contribution in [0.5, 0.6) is 0 Å². The molecule has 0 spiro atoms. The van der Waals surface area contributed by atoms with Crippen LogP contribution in [-0.2, 0) is 19.6 Å². The zero-order valence-corrected chi connectivity index (χ0v) is 13.7. The minimum atomic E-state index is -4.18. The summed E-state index contributed by atoms with van der Waals surface area (Å²) in [7, 11) is -3.11. The van der Waals surface area contributed by atoms with Gasteiger partial charge in [0.05, 0.1) is 22.5 Å². The van der Waals surface area contributed by atoms with E-state index in [0.717, 1.165) is 31.4 Å². The fourth-order valence-electron chi connectivity index (χ4n) is 1.72. The predicted octanol–water partition coefficient (Wildman–Crippen LogP) is 0.576. The molecule has 0 radical (unpaired) electrons. The lowest BCUT2D eigenvalue weighted by molar-refractivity contribution is -0.384. The van der Waals surface area contributed by atoms with Gasteiger partial charge in [-0.05, 0) is 25.5 Å². The largest absolute Gasteiger partial charge is 0.468 e. The number of nitro groups is 1. The van der Waals surface area contributed by atoms with E-state index in [1.165, 1.54) is 6.92 Å². The van der Waals surface area contributed by atoms with Gasteiger partial charge in [0.1, 0.15) is 6.04 Å². The van der Waals surface area contributed by atoms with Crippen molar-refractivity contribution in [2.75, 3.05) is 7.11 Å². The van der Waals surface area contributed by atoms with Crippen LogP contribution in [0.2, 0.25) is 0 Å². The van der Waals surface area contributed by atoms with Gasteiger partial charge in [-0.15, -0.1) is 0 Å². The maximum Gasteiger partial charge on any atom is 0.326 e. The molecule has 0 aromatic heterocycles. The first-order chi connectivity index (χ1) is 10.5. The summed E-state index contributed by atoms with van der Waals surface area (Å²) in [5.41, 5.74) is -1.94. The maximum atomic E-state index is 12.3. The van der Waals surface area contributed by atoms with E-state index in [1.54, 1.807) is 6.92 Å². The molecule has 9 nitrogen and oxygen atoms in total. The quantitative estimate of drug-likeness (QED) is 0.418. The molecule has 0 bridgehead atoms. The smallest absolute Gasteiger partial charge is 0.326 e. The van der Waals surface area contributed by atoms with Gasteiger partial charge < -0.3 is 9.84 Å². The second-order valence-corrected chi connectivity index (χ2v) is 6.75. The third kappa shape index (κ3) is 4.47. The highest BCUT2D eigenvalue weighted by Gasteiger charge is 2.40. The number of hydrogen-bond acceptors (Lipinski definition) is 7. The summed E-state index contributed by atoms with van der Waals surface area (Å²) in [6, 6.07) is 2.61. The van der Waals surface area contributed by atoms with Crippen molar-refractivity contribution in [2.24, 2.45) is 0 Å². The molecule has 0 unspecified atom stereocenters. The van der Waals surface area contributed by atoms with Gasteiger partial charge in [0.25, 0.3) is 5.69 Å². The number of rotatable bonds is 7. The molecule has 0 saturated carbocycles. The van der Waals surface area contributed by atoms with E-state index in [1.807, 2.05) is 0 Å². The summed E-state index contributed by atoms with van der Waals surface area (Å²) < 4.78 is 31.2. The molecule has 0 aliphatic carbocycles. The van der Waals surface area contributed by atoms with Crippen molar-refractivity contribution in [3.63, 3.8) is 0 Å². The van der Waals surface area contributed by atoms with Crippen LogP contribution in [0, 0.1) is 10.1 Å². The number of benzene rings is 1. The van der Waals surface area contributed by atoms with Gasteiger partial charge in [-0.25, -0.2) is 8.42 Å². The number of nitrogens with one attached hydrogen (secondary N) is 1. The Balaban J connectivity index is 3.15. The van der Waals surface area contributed by atoms with Crippen molar-refractivity contribution in [2.45, 2.75) is 36.8 Å². The van der Waals surface area contributed by atoms with Gasteiger partial charge in [0, 0.05) is 12.1 Å². The Morgan fingerprint density at radius 1 is 1.43 bits per heavy atom. The zero-order valence-electron chi connectivity index (χ0n) is 12.8. The Kier molecular flexibility index (Phi) is 5.81. The summed E-state index contributed by atoms with van der Waals surface area (Å²) in [4.78, 5) is 21.4. The van der Waals surface area contributed by atoms with Gasteiger partial charge in [-0.1, -0.05) is 6.92 Å². The van der Waals surface area contributed by atoms with Crippen LogP contribution in [0.15, 0.2) is 29.2 Å². The van der Waals surface area contributed by atoms with Crippen LogP contribution in [0.3, 0.4) is 0 Å². The molecule has 1 aromatic rings. The van der Waals surface area contributed by atoms with Gasteiger partial charge >= 0.3 is 5.97 Å². The SMILES string of the molecule is CC[C@@](C)(O)[C@H](NS(=O)(=O)c1ccc([N+](=O)[O-])cc1)C(=O)OC. The molecule has 0 saturated heterocycles. The molecule has 10 heteroatoms. The van der Waals surface area contributed by atoms with Crippen LogP contribution >= 0.6 is 0 Å². The normalized spacial score (nSPS) is 15.5. The van der Waals surface area contributed by atoms with Crippen molar-refractivity contribution in [3.8, 4) is 0 Å². The lowest BCUT2D eigenvalue weighted by Gasteiger charge is -2.30. The third-order valence-corrected chi connectivity index (χ3v) is 4.84. The molecule has 1 rings (SSSR count). The molecule has 2 N–H and O–H groups in total. The number of nitro benzene ring substituents is 1. The van der Waals surface area contributed by atoms with Crippen molar-refractivity contribution in [1.82, 2.24) is 4.72 Å². The number of ether oxygens (including phenoxy) is 1. The molecular weight excluding hydrogens is 328 g/mol. The topological polar surface area (TPSA) is 136 Å². The summed E-state index contributed by atoms with van der Waals surface area (Å²) in [6.07, 6.45) is 0.0928. The number of nitrogens with zero attached hydrogens (tertiary/aromatic N) is 1. The van der Waals surface area contributed by atoms with Crippen molar-refractivity contribution in [3.05, 3.63) is 34.4 Å². The number of carbonyl (C=O) groups excluding carboxylic acids is 1. The van der Waals surface area contributed by atoms with E-state index >= 15 is 0 Å². The lowest BCUT2D eigenvalue weighted by Crippen LogP contribution is -2.55. The van der Waals surface area contributed by atoms with Crippen molar-refractivity contribution < 1.29 is 28.0 Å². The van der Waals surface area contributed by atoms with E-state index in [4.69, 9.17) is 0 Å². The fourth-order valence-corrected chi connectivity index (χ4v) is 3.01. The third-order valence-electron chi connectivity index (χ3n) is 3.41. The van der Waals surface area contributed by atoms with E-state index < -0.39 is 32.6 Å². The fraction of sp³-hybridized carbons (Fsp3) is 0.462. The second kappa shape index (κ2) is 7.02. The minimum Gasteiger partial charge on any atom is -0.468 e. The second-order valence-electron chi connectivity index (χ2n) is 5.04. The number of esters is 1. The average Bonchev–Trinajstić information content (AvgIpc) is 2.51. The Morgan fingerprint density at radius 2 is 1.96 bits per heavy atom. The minimum absolute atomic E-state index is 0.0928. The van der Waals surface area contributed by atoms with Gasteiger partial charge in [-0.3, -0.25) is 14.9 Å². The highest BCUT2D eigenvalue weighted by atomic mass is 32.2. The standard InChI is InChI=1S/C13H18N2O7S/c1-4-13(2,17)11(12(16)22-3)14-23(20,21)10-7-5-9(6-8-10)15(18)19/h5-8,11,14,17H,4H2,1-3H3/t11-,13-/m1/s1. The van der Waals surface area contributed by atoms with Crippen molar-refractivity contribution >= 4 is 21.7 Å². The molecule has 2 atom stereocenters. The number of methoxy groups -OCH3 is 1. The van der Waals surface area contributed by atoms with Gasteiger partial charge in [-0.2, -0.15) is 4.72 Å². The average molecular weight is 346 g/mol. The molecule has 0 heterocycles. The Labute approximate surface area is 133 Å². The molecular formula is C13H18N2O7S. The van der Waals surface area contributed by atoms with E-state index in [2.05, 4.69) is 9.46 Å². The Morgan fingerprint density at radius 3 is 2.35 bits per heavy atom. The van der Waals surface area contributed by atoms with Gasteiger partial charge in [0.15, 0.2) is 0 Å². The summed E-state index contributed by atoms with van der Waals surface area (Å²) in [5, 5.41) is 20.8. The van der Waals surface area contributed by atoms with Crippen LogP contribution in [0.25, 0.3) is 0 Å². The summed E-state index contributed by atoms with van der Waals surface area (Å²) in [6.45, 7) is 2.88. The monoisotopic (exact) mass is 346 g/mol. The zero-order chi connectivity index (χ0) is 17.8. The number of aliphatic hydroxyl groups is 1. The molecule has 0 aliphatic heterocycles. The molecule has 0 fully saturated rings. The van der Waals surface area contributed by atoms with E-state index in [0.29, 0.717) is 0 Å². The first kappa shape index (κ1) is 19.0. The van der Waals surface area contributed by atoms with E-state index in [-0.39, 0.29) is 17.0 Å². The van der Waals surface area contributed by atoms with Crippen LogP contribution in [-0.4, -0.2) is 43.2 Å². The number of non-ortho nitro benzene ring substituents is 1. The van der Waals surface area contributed by atoms with Crippen molar-refractivity contribution in [1.29, 1.82) is 0 Å². The molecule has 0 aliphatic rings. The first-order valence-corrected chi connectivity index (χ1v) is 8.10. The summed E-state index contributed by atoms with van der Waals surface area (Å²) in [5.74, 6) is -0.942. The molecule has 128 valence electrons. The summed E-state index contributed by atoms with van der Waals surface area (Å²) >= 11 is 0.